The van der Waals surface area contributed by atoms with Gasteiger partial charge in [0, 0.05) is 32.1 Å². The molecule has 138 valence electrons. The summed E-state index contributed by atoms with van der Waals surface area (Å²) in [5, 5.41) is 7.72. The third-order valence-electron chi connectivity index (χ3n) is 4.48. The first-order valence-corrected chi connectivity index (χ1v) is 8.21. The minimum atomic E-state index is -1.09. The summed E-state index contributed by atoms with van der Waals surface area (Å²) in [5.41, 5.74) is 6.50. The van der Waals surface area contributed by atoms with Crippen LogP contribution in [0, 0.1) is 18.6 Å². The fraction of sp³-hybridized carbons (Fsp3) is 0.438. The summed E-state index contributed by atoms with van der Waals surface area (Å²) >= 11 is 0. The van der Waals surface area contributed by atoms with Gasteiger partial charge in [0.1, 0.15) is 12.7 Å². The third kappa shape index (κ3) is 2.90. The number of imidazole rings is 1. The van der Waals surface area contributed by atoms with E-state index in [4.69, 9.17) is 10.2 Å². The summed E-state index contributed by atoms with van der Waals surface area (Å²) in [6.07, 6.45) is -0.829. The Morgan fingerprint density at radius 3 is 2.73 bits per heavy atom. The Morgan fingerprint density at radius 2 is 2.04 bits per heavy atom. The van der Waals surface area contributed by atoms with Crippen LogP contribution in [-0.2, 0) is 6.54 Å². The fourth-order valence-corrected chi connectivity index (χ4v) is 3.18. The molecule has 1 aliphatic rings. The average Bonchev–Trinajstić information content (AvgIpc) is 3.15. The first-order chi connectivity index (χ1) is 12.4. The van der Waals surface area contributed by atoms with Gasteiger partial charge in [-0.15, -0.1) is 10.2 Å². The Bertz CT molecular complexity index is 955. The first-order valence-electron chi connectivity index (χ1n) is 8.21. The van der Waals surface area contributed by atoms with Gasteiger partial charge in [-0.3, -0.25) is 0 Å². The van der Waals surface area contributed by atoms with Crippen molar-refractivity contribution >= 4 is 17.0 Å². The average molecular weight is 366 g/mol. The van der Waals surface area contributed by atoms with Crippen LogP contribution in [0.1, 0.15) is 18.2 Å². The normalized spacial score (nSPS) is 20.9. The van der Waals surface area contributed by atoms with Crippen LogP contribution >= 0.6 is 0 Å². The quantitative estimate of drug-likeness (QED) is 0.762. The third-order valence-corrected chi connectivity index (χ3v) is 4.48. The molecule has 3 aromatic rings. The number of rotatable bonds is 3. The largest absolute Gasteiger partial charge is 0.424 e. The predicted octanol–water partition coefficient (Wildman–Crippen LogP) is 1.93. The summed E-state index contributed by atoms with van der Waals surface area (Å²) in [6.45, 7) is 2.43. The van der Waals surface area contributed by atoms with Gasteiger partial charge in [-0.1, -0.05) is 0 Å². The highest BCUT2D eigenvalue weighted by Crippen LogP contribution is 2.28. The SMILES string of the molecule is Cc1nnc(Cn2c(N3CCC(F)[C@H](N)C3)nc3cc(F)c(F)cc32)o1. The second-order valence-corrected chi connectivity index (χ2v) is 6.38. The number of aromatic nitrogens is 4. The van der Waals surface area contributed by atoms with E-state index in [1.165, 1.54) is 0 Å². The van der Waals surface area contributed by atoms with E-state index in [-0.39, 0.29) is 25.0 Å². The minimum absolute atomic E-state index is 0.128. The van der Waals surface area contributed by atoms with Crippen LogP contribution in [0.5, 0.6) is 0 Å². The maximum absolute atomic E-state index is 13.8. The molecule has 3 heterocycles. The molecule has 2 atom stereocenters. The lowest BCUT2D eigenvalue weighted by Crippen LogP contribution is -2.50. The van der Waals surface area contributed by atoms with Gasteiger partial charge in [0.05, 0.1) is 17.1 Å². The van der Waals surface area contributed by atoms with Crippen LogP contribution in [0.3, 0.4) is 0 Å². The molecule has 2 N–H and O–H groups in total. The summed E-state index contributed by atoms with van der Waals surface area (Å²) in [5.74, 6) is -0.836. The maximum Gasteiger partial charge on any atom is 0.236 e. The van der Waals surface area contributed by atoms with Crippen LogP contribution in [0.25, 0.3) is 11.0 Å². The van der Waals surface area contributed by atoms with E-state index in [1.807, 2.05) is 0 Å². The molecule has 7 nitrogen and oxygen atoms in total. The summed E-state index contributed by atoms with van der Waals surface area (Å²) in [6, 6.07) is 1.45. The van der Waals surface area contributed by atoms with E-state index < -0.39 is 23.8 Å². The number of nitrogens with zero attached hydrogens (tertiary/aromatic N) is 5. The smallest absolute Gasteiger partial charge is 0.236 e. The Labute approximate surface area is 146 Å². The van der Waals surface area contributed by atoms with Gasteiger partial charge in [-0.2, -0.15) is 0 Å². The molecular formula is C16H17F3N6O. The Balaban J connectivity index is 1.81. The van der Waals surface area contributed by atoms with E-state index in [0.29, 0.717) is 29.8 Å². The zero-order chi connectivity index (χ0) is 18.4. The second kappa shape index (κ2) is 6.27. The number of nitrogens with two attached hydrogens (primary N) is 1. The number of piperidine rings is 1. The summed E-state index contributed by atoms with van der Waals surface area (Å²) < 4.78 is 48.2. The monoisotopic (exact) mass is 366 g/mol. The molecule has 1 aromatic carbocycles. The van der Waals surface area contributed by atoms with Crippen molar-refractivity contribution in [3.8, 4) is 0 Å². The number of hydrogen-bond acceptors (Lipinski definition) is 6. The first kappa shape index (κ1) is 16.8. The van der Waals surface area contributed by atoms with Crippen molar-refractivity contribution < 1.29 is 17.6 Å². The molecule has 0 bridgehead atoms. The zero-order valence-corrected chi connectivity index (χ0v) is 14.0. The van der Waals surface area contributed by atoms with Gasteiger partial charge in [0.25, 0.3) is 0 Å². The molecule has 0 amide bonds. The van der Waals surface area contributed by atoms with Crippen LogP contribution < -0.4 is 10.6 Å². The van der Waals surface area contributed by atoms with Gasteiger partial charge in [-0.05, 0) is 6.42 Å². The van der Waals surface area contributed by atoms with Crippen molar-refractivity contribution in [2.75, 3.05) is 18.0 Å². The van der Waals surface area contributed by atoms with Crippen molar-refractivity contribution in [3.63, 3.8) is 0 Å². The van der Waals surface area contributed by atoms with E-state index in [0.717, 1.165) is 12.1 Å². The zero-order valence-electron chi connectivity index (χ0n) is 14.0. The number of hydrogen-bond donors (Lipinski definition) is 1. The highest BCUT2D eigenvalue weighted by atomic mass is 19.2. The van der Waals surface area contributed by atoms with Crippen LogP contribution in [0.2, 0.25) is 0 Å². The molecule has 2 aromatic heterocycles. The molecule has 26 heavy (non-hydrogen) atoms. The van der Waals surface area contributed by atoms with Crippen LogP contribution in [0.15, 0.2) is 16.5 Å². The van der Waals surface area contributed by atoms with Crippen molar-refractivity contribution in [2.24, 2.45) is 5.73 Å². The lowest BCUT2D eigenvalue weighted by molar-refractivity contribution is 0.243. The molecule has 0 radical (unpaired) electrons. The van der Waals surface area contributed by atoms with Crippen LogP contribution in [0.4, 0.5) is 19.1 Å². The van der Waals surface area contributed by atoms with E-state index >= 15 is 0 Å². The lowest BCUT2D eigenvalue weighted by Gasteiger charge is -2.33. The number of aryl methyl sites for hydroxylation is 1. The Hall–Kier alpha value is -2.62. The van der Waals surface area contributed by atoms with Crippen molar-refractivity contribution in [1.82, 2.24) is 19.7 Å². The molecule has 1 unspecified atom stereocenters. The topological polar surface area (TPSA) is 86.0 Å². The van der Waals surface area contributed by atoms with E-state index in [1.54, 1.807) is 16.4 Å². The highest BCUT2D eigenvalue weighted by molar-refractivity contribution is 5.79. The predicted molar refractivity (Wildman–Crippen MR) is 87.5 cm³/mol. The molecule has 0 aliphatic carbocycles. The molecule has 4 rings (SSSR count). The standard InChI is InChI=1S/C16H17F3N6O/c1-8-22-23-15(26-8)7-25-14-5-11(19)10(18)4-13(14)21-16(25)24-3-2-9(17)12(20)6-24/h4-5,9,12H,2-3,6-7,20H2,1H3/t9?,12-/m1/s1. The van der Waals surface area contributed by atoms with Crippen molar-refractivity contribution in [2.45, 2.75) is 32.1 Å². The number of benzene rings is 1. The van der Waals surface area contributed by atoms with Gasteiger partial charge in [-0.25, -0.2) is 18.2 Å². The molecule has 1 saturated heterocycles. The van der Waals surface area contributed by atoms with Gasteiger partial charge < -0.3 is 19.6 Å². The molecular weight excluding hydrogens is 349 g/mol. The molecule has 0 spiro atoms. The van der Waals surface area contributed by atoms with E-state index in [2.05, 4.69) is 15.2 Å². The van der Waals surface area contributed by atoms with Gasteiger partial charge in [0.15, 0.2) is 11.6 Å². The number of fused-ring (bicyclic) bond motifs is 1. The van der Waals surface area contributed by atoms with Gasteiger partial charge >= 0.3 is 0 Å². The number of alkyl halides is 1. The van der Waals surface area contributed by atoms with E-state index in [9.17, 15) is 13.2 Å². The second-order valence-electron chi connectivity index (χ2n) is 6.38. The minimum Gasteiger partial charge on any atom is -0.424 e. The molecule has 0 saturated carbocycles. The van der Waals surface area contributed by atoms with Gasteiger partial charge in [0.2, 0.25) is 17.7 Å². The fourth-order valence-electron chi connectivity index (χ4n) is 3.18. The Morgan fingerprint density at radius 1 is 1.27 bits per heavy atom. The Kier molecular flexibility index (Phi) is 4.06. The van der Waals surface area contributed by atoms with Crippen molar-refractivity contribution in [1.29, 1.82) is 0 Å². The summed E-state index contributed by atoms with van der Waals surface area (Å²) in [4.78, 5) is 6.22. The summed E-state index contributed by atoms with van der Waals surface area (Å²) in [7, 11) is 0. The molecule has 1 fully saturated rings. The maximum atomic E-state index is 13.8. The van der Waals surface area contributed by atoms with Crippen LogP contribution in [-0.4, -0.2) is 45.1 Å². The number of anilines is 1. The molecule has 1 aliphatic heterocycles. The number of halogens is 3. The lowest BCUT2D eigenvalue weighted by atomic mass is 10.1. The van der Waals surface area contributed by atoms with Crippen molar-refractivity contribution in [3.05, 3.63) is 35.5 Å². The molecule has 10 heteroatoms. The highest BCUT2D eigenvalue weighted by Gasteiger charge is 2.29.